The third-order valence-electron chi connectivity index (χ3n) is 6.18. The standard InChI is InChI=1S/C27H36N3O9PS/c1-6-27(35)23(32)21(38-25(27)30-15-14-22(31)28-26(30)34)16-36-40(41,39-19-10-8-7-9-11-19)29-20(13-12-17(2)3)24(33)37-18(4)5/h1,7-11,14-15,17-18,20-21,23,25,32,35H,12-13,16H2,2-5H3,(H,29,41)(H,28,31,34)/t20-,21+,23+,25+,27+,40?/m0/s1. The molecule has 1 aromatic heterocycles. The predicted molar refractivity (Wildman–Crippen MR) is 155 cm³/mol. The summed E-state index contributed by atoms with van der Waals surface area (Å²) in [6.45, 7) is 3.53. The van der Waals surface area contributed by atoms with Crippen molar-refractivity contribution in [3.05, 3.63) is 63.4 Å². The van der Waals surface area contributed by atoms with Crippen molar-refractivity contribution in [3.63, 3.8) is 0 Å². The van der Waals surface area contributed by atoms with E-state index >= 15 is 0 Å². The van der Waals surface area contributed by atoms with Crippen molar-refractivity contribution in [2.24, 2.45) is 5.92 Å². The Morgan fingerprint density at radius 2 is 1.93 bits per heavy atom. The Morgan fingerprint density at radius 1 is 1.24 bits per heavy atom. The van der Waals surface area contributed by atoms with Crippen LogP contribution in [0, 0.1) is 18.3 Å². The van der Waals surface area contributed by atoms with E-state index in [-0.39, 0.29) is 12.0 Å². The molecule has 224 valence electrons. The maximum atomic E-state index is 13.0. The molecule has 4 N–H and O–H groups in total. The van der Waals surface area contributed by atoms with Crippen molar-refractivity contribution in [2.75, 3.05) is 6.61 Å². The molecule has 0 bridgehead atoms. The summed E-state index contributed by atoms with van der Waals surface area (Å²) in [6.07, 6.45) is 2.78. The van der Waals surface area contributed by atoms with Crippen LogP contribution in [0.3, 0.4) is 0 Å². The summed E-state index contributed by atoms with van der Waals surface area (Å²) in [4.78, 5) is 38.9. The molecule has 1 aliphatic rings. The number of esters is 1. The lowest BCUT2D eigenvalue weighted by Gasteiger charge is -2.29. The van der Waals surface area contributed by atoms with E-state index in [0.717, 1.165) is 16.8 Å². The molecule has 3 rings (SSSR count). The molecule has 2 aromatic rings. The zero-order chi connectivity index (χ0) is 30.4. The van der Waals surface area contributed by atoms with Crippen molar-refractivity contribution >= 4 is 24.4 Å². The molecule has 1 aromatic carbocycles. The van der Waals surface area contributed by atoms with Crippen LogP contribution in [-0.4, -0.2) is 62.3 Å². The van der Waals surface area contributed by atoms with Crippen LogP contribution in [0.25, 0.3) is 0 Å². The van der Waals surface area contributed by atoms with Crippen LogP contribution in [-0.2, 0) is 30.6 Å². The van der Waals surface area contributed by atoms with Crippen LogP contribution in [0.5, 0.6) is 5.75 Å². The molecule has 1 saturated heterocycles. The number of terminal acetylenes is 1. The molecule has 0 amide bonds. The summed E-state index contributed by atoms with van der Waals surface area (Å²) in [5.74, 6) is 2.22. The molecular formula is C27H36N3O9PS. The fourth-order valence-electron chi connectivity index (χ4n) is 4.07. The molecule has 41 heavy (non-hydrogen) atoms. The van der Waals surface area contributed by atoms with Gasteiger partial charge in [0, 0.05) is 12.3 Å². The fourth-order valence-corrected chi connectivity index (χ4v) is 6.43. The minimum atomic E-state index is -3.55. The minimum Gasteiger partial charge on any atom is -0.462 e. The molecule has 2 heterocycles. The average Bonchev–Trinajstić information content (AvgIpc) is 3.15. The van der Waals surface area contributed by atoms with Crippen LogP contribution < -0.4 is 20.9 Å². The summed E-state index contributed by atoms with van der Waals surface area (Å²) in [5.41, 5.74) is -3.92. The van der Waals surface area contributed by atoms with Gasteiger partial charge in [0.15, 0.2) is 11.8 Å². The molecule has 1 aliphatic heterocycles. The monoisotopic (exact) mass is 609 g/mol. The van der Waals surface area contributed by atoms with Crippen LogP contribution >= 0.6 is 6.64 Å². The number of carbonyl (C=O) groups excluding carboxylic acids is 1. The van der Waals surface area contributed by atoms with Gasteiger partial charge < -0.3 is 28.7 Å². The van der Waals surface area contributed by atoms with E-state index < -0.39 is 60.5 Å². The number of nitrogens with one attached hydrogen (secondary N) is 2. The van der Waals surface area contributed by atoms with Gasteiger partial charge in [0.1, 0.15) is 24.0 Å². The highest BCUT2D eigenvalue weighted by Crippen LogP contribution is 2.47. The summed E-state index contributed by atoms with van der Waals surface area (Å²) in [6, 6.07) is 8.78. The first-order valence-electron chi connectivity index (χ1n) is 13.1. The third-order valence-corrected chi connectivity index (χ3v) is 8.60. The van der Waals surface area contributed by atoms with Gasteiger partial charge in [-0.1, -0.05) is 38.0 Å². The second kappa shape index (κ2) is 13.9. The molecule has 12 nitrogen and oxygen atoms in total. The van der Waals surface area contributed by atoms with E-state index in [1.165, 1.54) is 0 Å². The summed E-state index contributed by atoms with van der Waals surface area (Å²) in [5, 5.41) is 25.1. The number of benzene rings is 1. The number of hydrogen-bond donors (Lipinski definition) is 4. The van der Waals surface area contributed by atoms with Crippen molar-refractivity contribution < 1.29 is 33.5 Å². The Bertz CT molecular complexity index is 1390. The van der Waals surface area contributed by atoms with Crippen molar-refractivity contribution in [3.8, 4) is 18.1 Å². The second-order valence-electron chi connectivity index (χ2n) is 10.3. The number of rotatable bonds is 13. The van der Waals surface area contributed by atoms with E-state index in [9.17, 15) is 24.6 Å². The number of carbonyl (C=O) groups is 1. The van der Waals surface area contributed by atoms with Crippen LogP contribution in [0.1, 0.15) is 46.8 Å². The van der Waals surface area contributed by atoms with Gasteiger partial charge in [-0.3, -0.25) is 19.1 Å². The molecule has 0 radical (unpaired) electrons. The highest BCUT2D eigenvalue weighted by molar-refractivity contribution is 8.09. The quantitative estimate of drug-likeness (QED) is 0.149. The first kappa shape index (κ1) is 32.7. The van der Waals surface area contributed by atoms with Crippen LogP contribution in [0.2, 0.25) is 0 Å². The average molecular weight is 610 g/mol. The lowest BCUT2D eigenvalue weighted by Crippen LogP contribution is -2.48. The number of aliphatic hydroxyl groups excluding tert-OH is 1. The fraction of sp³-hybridized carbons (Fsp3) is 0.519. The maximum Gasteiger partial charge on any atom is 0.330 e. The zero-order valence-corrected chi connectivity index (χ0v) is 25.0. The Kier molecular flexibility index (Phi) is 11.1. The first-order valence-corrected chi connectivity index (χ1v) is 15.7. The zero-order valence-electron chi connectivity index (χ0n) is 23.3. The van der Waals surface area contributed by atoms with E-state index in [0.29, 0.717) is 18.6 Å². The summed E-state index contributed by atoms with van der Waals surface area (Å²) < 4.78 is 24.2. The number of nitrogens with zero attached hydrogens (tertiary/aromatic N) is 1. The Balaban J connectivity index is 1.89. The van der Waals surface area contributed by atoms with E-state index in [4.69, 9.17) is 36.8 Å². The third kappa shape index (κ3) is 8.36. The van der Waals surface area contributed by atoms with E-state index in [2.05, 4.69) is 16.0 Å². The van der Waals surface area contributed by atoms with Gasteiger partial charge >= 0.3 is 18.3 Å². The largest absolute Gasteiger partial charge is 0.462 e. The van der Waals surface area contributed by atoms with Crippen molar-refractivity contribution in [1.29, 1.82) is 0 Å². The summed E-state index contributed by atoms with van der Waals surface area (Å²) in [7, 11) is 0. The van der Waals surface area contributed by atoms with Crippen molar-refractivity contribution in [1.82, 2.24) is 14.6 Å². The Morgan fingerprint density at radius 3 is 2.51 bits per heavy atom. The van der Waals surface area contributed by atoms with Gasteiger partial charge in [-0.15, -0.1) is 6.42 Å². The SMILES string of the molecule is C#C[C@@]1(O)[C@H](O)[C@@H](COP(=S)(N[C@@H](CCC(C)C)C(=O)OC(C)C)Oc2ccccc2)O[C@H]1n1ccc(=O)[nH]c1=O. The molecule has 0 saturated carbocycles. The number of aliphatic hydroxyl groups is 2. The van der Waals surface area contributed by atoms with E-state index in [1.807, 2.05) is 13.8 Å². The maximum absolute atomic E-state index is 13.0. The lowest BCUT2D eigenvalue weighted by atomic mass is 9.95. The molecule has 6 atom stereocenters. The number of para-hydroxylation sites is 1. The van der Waals surface area contributed by atoms with Gasteiger partial charge in [0.25, 0.3) is 5.56 Å². The van der Waals surface area contributed by atoms with Gasteiger partial charge in [-0.2, -0.15) is 0 Å². The van der Waals surface area contributed by atoms with Gasteiger partial charge in [0.2, 0.25) is 0 Å². The number of aromatic nitrogens is 2. The molecule has 0 spiro atoms. The highest BCUT2D eigenvalue weighted by Gasteiger charge is 2.56. The lowest BCUT2D eigenvalue weighted by molar-refractivity contribution is -0.149. The Labute approximate surface area is 243 Å². The Hall–Kier alpha value is -2.82. The van der Waals surface area contributed by atoms with Gasteiger partial charge in [-0.05, 0) is 56.5 Å². The molecule has 0 aliphatic carbocycles. The van der Waals surface area contributed by atoms with Crippen molar-refractivity contribution in [2.45, 2.75) is 76.7 Å². The van der Waals surface area contributed by atoms with Crippen LogP contribution in [0.4, 0.5) is 0 Å². The highest BCUT2D eigenvalue weighted by atomic mass is 32.5. The molecule has 1 unspecified atom stereocenters. The molecule has 1 fully saturated rings. The first-order chi connectivity index (χ1) is 19.3. The number of H-pyrrole nitrogens is 1. The molecular weight excluding hydrogens is 573 g/mol. The number of aromatic amines is 1. The minimum absolute atomic E-state index is 0.289. The number of ether oxygens (including phenoxy) is 2. The second-order valence-corrected chi connectivity index (χ2v) is 13.4. The summed E-state index contributed by atoms with van der Waals surface area (Å²) >= 11 is 5.80. The van der Waals surface area contributed by atoms with Gasteiger partial charge in [0.05, 0.1) is 12.7 Å². The topological polar surface area (TPSA) is 161 Å². The smallest absolute Gasteiger partial charge is 0.330 e. The predicted octanol–water partition coefficient (Wildman–Crippen LogP) is 1.83. The molecule has 14 heteroatoms. The van der Waals surface area contributed by atoms with Gasteiger partial charge in [-0.25, -0.2) is 9.88 Å². The normalized spacial score (nSPS) is 24.5. The van der Waals surface area contributed by atoms with Crippen LogP contribution in [0.15, 0.2) is 52.2 Å². The number of hydrogen-bond acceptors (Lipinski definition) is 10. The van der Waals surface area contributed by atoms with E-state index in [1.54, 1.807) is 44.2 Å².